The third kappa shape index (κ3) is 2.58. The molecule has 2 heterocycles. The topological polar surface area (TPSA) is 90.9 Å². The van der Waals surface area contributed by atoms with Crippen LogP contribution in [0.1, 0.15) is 47.2 Å². The van der Waals surface area contributed by atoms with Gasteiger partial charge in [-0.15, -0.1) is 0 Å². The van der Waals surface area contributed by atoms with Crippen LogP contribution in [0, 0.1) is 22.7 Å². The van der Waals surface area contributed by atoms with Crippen LogP contribution in [0.4, 0.5) is 0 Å². The zero-order valence-corrected chi connectivity index (χ0v) is 14.7. The molecule has 4 rings (SSSR count). The Morgan fingerprint density at radius 3 is 2.33 bits per heavy atom. The SMILES string of the molecule is CC(C)c1cc2oc(/C=C3\C(=O)c4ccccc4C3=C(C#N)C#N)cc2o1. The van der Waals surface area contributed by atoms with Crippen LogP contribution in [0.3, 0.4) is 0 Å². The fourth-order valence-corrected chi connectivity index (χ4v) is 3.22. The van der Waals surface area contributed by atoms with Gasteiger partial charge in [0.1, 0.15) is 29.2 Å². The highest BCUT2D eigenvalue weighted by Crippen LogP contribution is 2.40. The van der Waals surface area contributed by atoms with Gasteiger partial charge in [0.25, 0.3) is 0 Å². The summed E-state index contributed by atoms with van der Waals surface area (Å²) < 4.78 is 11.5. The van der Waals surface area contributed by atoms with Gasteiger partial charge in [-0.2, -0.15) is 10.5 Å². The quantitative estimate of drug-likeness (QED) is 0.464. The lowest BCUT2D eigenvalue weighted by molar-refractivity contribution is 0.104. The maximum absolute atomic E-state index is 12.9. The van der Waals surface area contributed by atoms with Crippen molar-refractivity contribution in [2.45, 2.75) is 19.8 Å². The van der Waals surface area contributed by atoms with Gasteiger partial charge >= 0.3 is 0 Å². The summed E-state index contributed by atoms with van der Waals surface area (Å²) in [7, 11) is 0. The van der Waals surface area contributed by atoms with E-state index < -0.39 is 0 Å². The standard InChI is InChI=1S/C22H14N2O3/c1-12(2)18-9-20-19(27-18)8-14(26-20)7-17-21(13(10-23)11-24)15-5-3-4-6-16(15)22(17)25/h3-9,12H,1-2H3/b17-7-. The first-order valence-electron chi connectivity index (χ1n) is 8.47. The molecule has 130 valence electrons. The summed E-state index contributed by atoms with van der Waals surface area (Å²) in [5, 5.41) is 18.7. The molecule has 1 aliphatic rings. The Bertz CT molecular complexity index is 1190. The number of hydrogen-bond acceptors (Lipinski definition) is 5. The highest BCUT2D eigenvalue weighted by atomic mass is 16.4. The van der Waals surface area contributed by atoms with E-state index in [1.165, 1.54) is 0 Å². The normalized spacial score (nSPS) is 14.6. The minimum atomic E-state index is -0.237. The molecule has 27 heavy (non-hydrogen) atoms. The summed E-state index contributed by atoms with van der Waals surface area (Å²) in [5.41, 5.74) is 2.77. The van der Waals surface area contributed by atoms with Crippen molar-refractivity contribution in [3.05, 3.63) is 70.2 Å². The van der Waals surface area contributed by atoms with Crippen LogP contribution in [0.2, 0.25) is 0 Å². The summed E-state index contributed by atoms with van der Waals surface area (Å²) >= 11 is 0. The Morgan fingerprint density at radius 1 is 1.04 bits per heavy atom. The monoisotopic (exact) mass is 354 g/mol. The van der Waals surface area contributed by atoms with Gasteiger partial charge in [0.2, 0.25) is 0 Å². The molecule has 0 bridgehead atoms. The lowest BCUT2D eigenvalue weighted by Crippen LogP contribution is -1.95. The lowest BCUT2D eigenvalue weighted by atomic mass is 9.99. The van der Waals surface area contributed by atoms with Gasteiger partial charge in [-0.25, -0.2) is 0 Å². The third-order valence-electron chi connectivity index (χ3n) is 4.53. The first-order chi connectivity index (χ1) is 13.0. The van der Waals surface area contributed by atoms with E-state index in [0.717, 1.165) is 5.76 Å². The van der Waals surface area contributed by atoms with Crippen molar-refractivity contribution in [3.63, 3.8) is 0 Å². The first kappa shape index (κ1) is 16.6. The van der Waals surface area contributed by atoms with Crippen molar-refractivity contribution in [3.8, 4) is 12.1 Å². The number of hydrogen-bond donors (Lipinski definition) is 0. The number of allylic oxidation sites excluding steroid dienone is 3. The summed E-state index contributed by atoms with van der Waals surface area (Å²) in [6, 6.07) is 14.3. The van der Waals surface area contributed by atoms with Crippen LogP contribution >= 0.6 is 0 Å². The van der Waals surface area contributed by atoms with E-state index in [1.54, 1.807) is 36.4 Å². The molecule has 1 aliphatic carbocycles. The molecule has 0 fully saturated rings. The second-order valence-electron chi connectivity index (χ2n) is 6.59. The van der Waals surface area contributed by atoms with Gasteiger partial charge in [-0.1, -0.05) is 38.1 Å². The smallest absolute Gasteiger partial charge is 0.194 e. The van der Waals surface area contributed by atoms with Crippen LogP contribution in [0.25, 0.3) is 22.8 Å². The predicted octanol–water partition coefficient (Wildman–Crippen LogP) is 5.23. The van der Waals surface area contributed by atoms with Crippen molar-refractivity contribution in [1.29, 1.82) is 10.5 Å². The zero-order valence-electron chi connectivity index (χ0n) is 14.7. The van der Waals surface area contributed by atoms with Crippen LogP contribution < -0.4 is 0 Å². The number of nitrogens with zero attached hydrogens (tertiary/aromatic N) is 2. The molecule has 0 saturated heterocycles. The Kier molecular flexibility index (Phi) is 3.79. The highest BCUT2D eigenvalue weighted by molar-refractivity contribution is 6.29. The van der Waals surface area contributed by atoms with Crippen LogP contribution in [-0.2, 0) is 0 Å². The number of carbonyl (C=O) groups is 1. The number of Topliss-reactive ketones (excluding diaryl/α,β-unsaturated/α-hetero) is 1. The fourth-order valence-electron chi connectivity index (χ4n) is 3.22. The summed E-state index contributed by atoms with van der Waals surface area (Å²) in [6.07, 6.45) is 1.57. The van der Waals surface area contributed by atoms with Crippen molar-refractivity contribution in [2.75, 3.05) is 0 Å². The van der Waals surface area contributed by atoms with Gasteiger partial charge < -0.3 is 8.83 Å². The zero-order chi connectivity index (χ0) is 19.1. The van der Waals surface area contributed by atoms with E-state index in [1.807, 2.05) is 32.1 Å². The maximum atomic E-state index is 12.9. The molecule has 0 aliphatic heterocycles. The van der Waals surface area contributed by atoms with Crippen molar-refractivity contribution in [2.24, 2.45) is 0 Å². The van der Waals surface area contributed by atoms with Gasteiger partial charge in [-0.3, -0.25) is 4.79 Å². The molecule has 5 nitrogen and oxygen atoms in total. The highest BCUT2D eigenvalue weighted by Gasteiger charge is 2.32. The third-order valence-corrected chi connectivity index (χ3v) is 4.53. The number of nitriles is 2. The molecule has 2 aromatic heterocycles. The molecule has 0 spiro atoms. The Hall–Kier alpha value is -3.83. The number of fused-ring (bicyclic) bond motifs is 2. The van der Waals surface area contributed by atoms with Crippen LogP contribution in [-0.4, -0.2) is 5.78 Å². The fraction of sp³-hybridized carbons (Fsp3) is 0.136. The second-order valence-corrected chi connectivity index (χ2v) is 6.59. The minimum absolute atomic E-state index is 0.100. The largest absolute Gasteiger partial charge is 0.457 e. The average Bonchev–Trinajstić information content (AvgIpc) is 3.29. The van der Waals surface area contributed by atoms with Gasteiger partial charge in [0, 0.05) is 34.8 Å². The summed E-state index contributed by atoms with van der Waals surface area (Å²) in [6.45, 7) is 4.05. The first-order valence-corrected chi connectivity index (χ1v) is 8.47. The van der Waals surface area contributed by atoms with E-state index in [4.69, 9.17) is 8.83 Å². The molecule has 0 atom stereocenters. The Labute approximate surface area is 155 Å². The number of ketones is 1. The maximum Gasteiger partial charge on any atom is 0.194 e. The molecule has 0 amide bonds. The van der Waals surface area contributed by atoms with E-state index in [2.05, 4.69) is 0 Å². The molecule has 5 heteroatoms. The molecule has 0 saturated carbocycles. The minimum Gasteiger partial charge on any atom is -0.457 e. The summed E-state index contributed by atoms with van der Waals surface area (Å²) in [4.78, 5) is 12.9. The molecule has 0 unspecified atom stereocenters. The molecule has 1 aromatic carbocycles. The van der Waals surface area contributed by atoms with E-state index >= 15 is 0 Å². The molecule has 0 N–H and O–H groups in total. The Morgan fingerprint density at radius 2 is 1.70 bits per heavy atom. The van der Waals surface area contributed by atoms with Crippen molar-refractivity contribution >= 4 is 28.6 Å². The van der Waals surface area contributed by atoms with Gasteiger partial charge in [0.05, 0.1) is 0 Å². The predicted molar refractivity (Wildman–Crippen MR) is 99.5 cm³/mol. The molecular weight excluding hydrogens is 340 g/mol. The van der Waals surface area contributed by atoms with Crippen molar-refractivity contribution < 1.29 is 13.6 Å². The van der Waals surface area contributed by atoms with Gasteiger partial charge in [0.15, 0.2) is 16.9 Å². The average molecular weight is 354 g/mol. The van der Waals surface area contributed by atoms with E-state index in [-0.39, 0.29) is 22.8 Å². The summed E-state index contributed by atoms with van der Waals surface area (Å²) in [5.74, 6) is 1.26. The number of benzene rings is 1. The number of furan rings is 2. The van der Waals surface area contributed by atoms with E-state index in [9.17, 15) is 15.3 Å². The molecular formula is C22H14N2O3. The second kappa shape index (κ2) is 6.16. The van der Waals surface area contributed by atoms with Crippen LogP contribution in [0.15, 0.2) is 56.4 Å². The Balaban J connectivity index is 1.88. The molecule has 0 radical (unpaired) electrons. The number of carbonyl (C=O) groups excluding carboxylic acids is 1. The molecule has 3 aromatic rings. The van der Waals surface area contributed by atoms with Gasteiger partial charge in [-0.05, 0) is 11.6 Å². The number of rotatable bonds is 2. The van der Waals surface area contributed by atoms with E-state index in [0.29, 0.717) is 33.6 Å². The van der Waals surface area contributed by atoms with Crippen molar-refractivity contribution in [1.82, 2.24) is 0 Å². The lowest BCUT2D eigenvalue weighted by Gasteiger charge is -2.00. The van der Waals surface area contributed by atoms with Crippen LogP contribution in [0.5, 0.6) is 0 Å².